The molecule has 1 aromatic carbocycles. The van der Waals surface area contributed by atoms with Gasteiger partial charge in [0.1, 0.15) is 0 Å². The van der Waals surface area contributed by atoms with E-state index in [4.69, 9.17) is 5.11 Å². The Morgan fingerprint density at radius 3 is 2.81 bits per heavy atom. The number of nitrogens with one attached hydrogen (secondary N) is 1. The number of carbonyl (C=O) groups is 2. The van der Waals surface area contributed by atoms with Crippen molar-refractivity contribution in [3.05, 3.63) is 41.5 Å². The molecule has 0 bridgehead atoms. The molecule has 0 spiro atoms. The fourth-order valence-corrected chi connectivity index (χ4v) is 3.64. The second-order valence-electron chi connectivity index (χ2n) is 6.54. The Morgan fingerprint density at radius 2 is 2.11 bits per heavy atom. The molecule has 1 aliphatic carbocycles. The lowest BCUT2D eigenvalue weighted by atomic mass is 9.90. The molecule has 1 heterocycles. The molecule has 0 aliphatic heterocycles. The molecule has 9 heteroatoms. The van der Waals surface area contributed by atoms with Gasteiger partial charge in [-0.3, -0.25) is 4.79 Å². The van der Waals surface area contributed by atoms with Crippen molar-refractivity contribution in [2.24, 2.45) is 5.92 Å². The first-order valence-corrected chi connectivity index (χ1v) is 9.71. The topological polar surface area (TPSA) is 110 Å². The van der Waals surface area contributed by atoms with Crippen molar-refractivity contribution in [2.45, 2.75) is 31.3 Å². The van der Waals surface area contributed by atoms with E-state index in [1.54, 1.807) is 12.1 Å². The quantitative estimate of drug-likeness (QED) is 0.554. The predicted molar refractivity (Wildman–Crippen MR) is 101 cm³/mol. The molecular formula is C18H21N5O3S. The van der Waals surface area contributed by atoms with Crippen molar-refractivity contribution in [1.29, 1.82) is 0 Å². The van der Waals surface area contributed by atoms with Gasteiger partial charge in [-0.2, -0.15) is 4.68 Å². The van der Waals surface area contributed by atoms with E-state index in [0.29, 0.717) is 23.3 Å². The molecular weight excluding hydrogens is 366 g/mol. The van der Waals surface area contributed by atoms with Crippen LogP contribution < -0.4 is 5.32 Å². The highest BCUT2D eigenvalue weighted by molar-refractivity contribution is 7.99. The Labute approximate surface area is 161 Å². The van der Waals surface area contributed by atoms with Crippen molar-refractivity contribution < 1.29 is 14.7 Å². The van der Waals surface area contributed by atoms with Crippen molar-refractivity contribution in [2.75, 3.05) is 12.3 Å². The minimum atomic E-state index is -0.994. The van der Waals surface area contributed by atoms with Gasteiger partial charge in [-0.05, 0) is 59.9 Å². The molecule has 1 unspecified atom stereocenters. The fraction of sp³-hybridized carbons (Fsp3) is 0.389. The fourth-order valence-electron chi connectivity index (χ4n) is 2.92. The molecule has 1 aromatic heterocycles. The number of carbonyl (C=O) groups excluding carboxylic acids is 1. The zero-order valence-corrected chi connectivity index (χ0v) is 15.8. The van der Waals surface area contributed by atoms with E-state index in [9.17, 15) is 9.59 Å². The van der Waals surface area contributed by atoms with E-state index >= 15 is 0 Å². The van der Waals surface area contributed by atoms with E-state index in [2.05, 4.69) is 33.8 Å². The molecule has 0 saturated carbocycles. The third kappa shape index (κ3) is 5.16. The molecule has 3 rings (SSSR count). The van der Waals surface area contributed by atoms with Crippen molar-refractivity contribution in [3.8, 4) is 5.69 Å². The molecule has 27 heavy (non-hydrogen) atoms. The Hall–Kier alpha value is -2.68. The lowest BCUT2D eigenvalue weighted by Crippen LogP contribution is -2.28. The second kappa shape index (κ2) is 8.81. The van der Waals surface area contributed by atoms with E-state index in [1.807, 2.05) is 0 Å². The Morgan fingerprint density at radius 1 is 1.33 bits per heavy atom. The highest BCUT2D eigenvalue weighted by atomic mass is 32.2. The van der Waals surface area contributed by atoms with Crippen LogP contribution in [0.4, 0.5) is 0 Å². The lowest BCUT2D eigenvalue weighted by Gasteiger charge is -2.19. The normalized spacial score (nSPS) is 16.6. The van der Waals surface area contributed by atoms with E-state index in [0.717, 1.165) is 12.8 Å². The summed E-state index contributed by atoms with van der Waals surface area (Å²) in [6, 6.07) is 6.22. The molecule has 1 amide bonds. The number of rotatable bonds is 7. The van der Waals surface area contributed by atoms with Gasteiger partial charge in [-0.1, -0.05) is 30.3 Å². The number of allylic oxidation sites excluding steroid dienone is 1. The van der Waals surface area contributed by atoms with Gasteiger partial charge in [-0.25, -0.2) is 4.79 Å². The predicted octanol–water partition coefficient (Wildman–Crippen LogP) is 2.32. The summed E-state index contributed by atoms with van der Waals surface area (Å²) in [5, 5.41) is 23.9. The number of hydrogen-bond acceptors (Lipinski definition) is 6. The highest BCUT2D eigenvalue weighted by Crippen LogP contribution is 2.23. The highest BCUT2D eigenvalue weighted by Gasteiger charge is 2.14. The lowest BCUT2D eigenvalue weighted by molar-refractivity contribution is -0.118. The van der Waals surface area contributed by atoms with Crippen LogP contribution in [0.3, 0.4) is 0 Å². The van der Waals surface area contributed by atoms with Gasteiger partial charge in [0.25, 0.3) is 0 Å². The average molecular weight is 387 g/mol. The number of aromatic nitrogens is 4. The number of carboxylic acid groups (broad SMARTS) is 1. The number of carboxylic acids is 1. The van der Waals surface area contributed by atoms with Gasteiger partial charge in [0.15, 0.2) is 0 Å². The van der Waals surface area contributed by atoms with Crippen LogP contribution in [-0.4, -0.2) is 49.5 Å². The number of amides is 1. The van der Waals surface area contributed by atoms with Crippen LogP contribution in [0.1, 0.15) is 36.5 Å². The van der Waals surface area contributed by atoms with Gasteiger partial charge < -0.3 is 10.4 Å². The summed E-state index contributed by atoms with van der Waals surface area (Å²) in [5.74, 6) is -0.188. The van der Waals surface area contributed by atoms with Crippen LogP contribution in [0.2, 0.25) is 0 Å². The van der Waals surface area contributed by atoms with Crippen molar-refractivity contribution in [1.82, 2.24) is 25.5 Å². The van der Waals surface area contributed by atoms with Crippen LogP contribution in [0.25, 0.3) is 5.69 Å². The van der Waals surface area contributed by atoms with Gasteiger partial charge in [0.2, 0.25) is 11.1 Å². The summed E-state index contributed by atoms with van der Waals surface area (Å²) < 4.78 is 1.48. The molecule has 0 fully saturated rings. The smallest absolute Gasteiger partial charge is 0.335 e. The Balaban J connectivity index is 1.54. The minimum absolute atomic E-state index is 0.0742. The molecule has 2 N–H and O–H groups in total. The largest absolute Gasteiger partial charge is 0.478 e. The van der Waals surface area contributed by atoms with Crippen LogP contribution in [-0.2, 0) is 4.79 Å². The number of tetrazole rings is 1. The van der Waals surface area contributed by atoms with Gasteiger partial charge >= 0.3 is 5.97 Å². The molecule has 1 atom stereocenters. The number of benzene rings is 1. The zero-order chi connectivity index (χ0) is 19.2. The van der Waals surface area contributed by atoms with E-state index < -0.39 is 5.97 Å². The maximum absolute atomic E-state index is 12.1. The van der Waals surface area contributed by atoms with E-state index in [-0.39, 0.29) is 17.2 Å². The van der Waals surface area contributed by atoms with Crippen LogP contribution in [0.5, 0.6) is 0 Å². The summed E-state index contributed by atoms with van der Waals surface area (Å²) in [6.07, 6.45) is 5.55. The summed E-state index contributed by atoms with van der Waals surface area (Å²) in [6.45, 7) is 2.82. The van der Waals surface area contributed by atoms with Gasteiger partial charge in [-0.15, -0.1) is 5.10 Å². The standard InChI is InChI=1S/C18H21N5O3S/c1-12-3-2-4-13(9-12)10-19-16(24)11-27-18-20-21-22-23(18)15-7-5-14(6-8-15)17(25)26/h4-8,12H,2-3,9-11H2,1H3,(H,19,24)(H,25,26). The van der Waals surface area contributed by atoms with Crippen molar-refractivity contribution >= 4 is 23.6 Å². The Bertz CT molecular complexity index is 847. The second-order valence-corrected chi connectivity index (χ2v) is 7.48. The Kier molecular flexibility index (Phi) is 6.23. The van der Waals surface area contributed by atoms with Crippen molar-refractivity contribution in [3.63, 3.8) is 0 Å². The minimum Gasteiger partial charge on any atom is -0.478 e. The first-order valence-electron chi connectivity index (χ1n) is 8.72. The molecule has 0 radical (unpaired) electrons. The molecule has 2 aromatic rings. The first kappa shape index (κ1) is 19.1. The van der Waals surface area contributed by atoms with Gasteiger partial charge in [0, 0.05) is 6.54 Å². The first-order chi connectivity index (χ1) is 13.0. The third-order valence-electron chi connectivity index (χ3n) is 4.35. The number of nitrogens with zero attached hydrogens (tertiary/aromatic N) is 4. The summed E-state index contributed by atoms with van der Waals surface area (Å²) >= 11 is 1.23. The molecule has 1 aliphatic rings. The third-order valence-corrected chi connectivity index (χ3v) is 5.27. The SMILES string of the molecule is CC1CCC=C(CNC(=O)CSc2nnnn2-c2ccc(C(=O)O)cc2)C1. The van der Waals surface area contributed by atoms with Gasteiger partial charge in [0.05, 0.1) is 17.0 Å². The zero-order valence-electron chi connectivity index (χ0n) is 15.0. The summed E-state index contributed by atoms with van der Waals surface area (Å²) in [4.78, 5) is 23.1. The van der Waals surface area contributed by atoms with E-state index in [1.165, 1.54) is 40.6 Å². The number of hydrogen-bond donors (Lipinski definition) is 2. The maximum Gasteiger partial charge on any atom is 0.335 e. The molecule has 0 saturated heterocycles. The summed E-state index contributed by atoms with van der Waals surface area (Å²) in [5.41, 5.74) is 2.11. The van der Waals surface area contributed by atoms with Crippen LogP contribution in [0, 0.1) is 5.92 Å². The summed E-state index contributed by atoms with van der Waals surface area (Å²) in [7, 11) is 0. The molecule has 142 valence electrons. The van der Waals surface area contributed by atoms with Crippen LogP contribution >= 0.6 is 11.8 Å². The molecule has 8 nitrogen and oxygen atoms in total. The average Bonchev–Trinajstić information content (AvgIpc) is 3.13. The number of aromatic carboxylic acids is 1. The maximum atomic E-state index is 12.1. The monoisotopic (exact) mass is 387 g/mol. The number of thioether (sulfide) groups is 1. The van der Waals surface area contributed by atoms with Crippen LogP contribution in [0.15, 0.2) is 41.1 Å².